The van der Waals surface area contributed by atoms with Crippen molar-refractivity contribution in [3.05, 3.63) is 45.4 Å². The number of halogens is 6. The van der Waals surface area contributed by atoms with Crippen LogP contribution in [0.1, 0.15) is 62.5 Å². The summed E-state index contributed by atoms with van der Waals surface area (Å²) in [6.07, 6.45) is -1.88. The molecule has 1 aromatic carbocycles. The molecule has 0 aromatic heterocycles. The highest BCUT2D eigenvalue weighted by Crippen LogP contribution is 2.48. The highest BCUT2D eigenvalue weighted by atomic mass is 35.5. The minimum atomic E-state index is -5.18. The monoisotopic (exact) mass is 566 g/mol. The quantitative estimate of drug-likeness (QED) is 0.206. The van der Waals surface area contributed by atoms with Crippen molar-refractivity contribution in [1.82, 2.24) is 0 Å². The maximum absolute atomic E-state index is 15.1. The number of alkyl halides is 4. The van der Waals surface area contributed by atoms with Crippen LogP contribution in [-0.2, 0) is 30.0 Å². The van der Waals surface area contributed by atoms with Crippen LogP contribution in [0.3, 0.4) is 0 Å². The summed E-state index contributed by atoms with van der Waals surface area (Å²) >= 11 is 5.81. The zero-order valence-electron chi connectivity index (χ0n) is 20.8. The predicted octanol–water partition coefficient (Wildman–Crippen LogP) is 5.44. The topological polar surface area (TPSA) is 108 Å². The first kappa shape index (κ1) is 31.2. The van der Waals surface area contributed by atoms with Gasteiger partial charge in [-0.1, -0.05) is 30.9 Å². The Morgan fingerprint density at radius 1 is 1.11 bits per heavy atom. The second-order valence-electron chi connectivity index (χ2n) is 8.65. The van der Waals surface area contributed by atoms with Gasteiger partial charge in [0.1, 0.15) is 18.4 Å². The van der Waals surface area contributed by atoms with Crippen molar-refractivity contribution in [3.63, 3.8) is 0 Å². The lowest BCUT2D eigenvalue weighted by Gasteiger charge is -2.33. The highest BCUT2D eigenvalue weighted by molar-refractivity contribution is 6.31. The number of esters is 2. The van der Waals surface area contributed by atoms with Gasteiger partial charge in [-0.25, -0.2) is 13.6 Å². The van der Waals surface area contributed by atoms with Crippen LogP contribution in [0.2, 0.25) is 5.02 Å². The molecule has 1 aliphatic heterocycles. The van der Waals surface area contributed by atoms with Gasteiger partial charge in [-0.05, 0) is 31.9 Å². The van der Waals surface area contributed by atoms with Crippen molar-refractivity contribution in [3.8, 4) is 0 Å². The minimum Gasteiger partial charge on any atom is -0.468 e. The molecular weight excluding hydrogens is 539 g/mol. The fourth-order valence-electron chi connectivity index (χ4n) is 4.36. The number of rotatable bonds is 12. The van der Waals surface area contributed by atoms with Gasteiger partial charge in [0.25, 0.3) is 0 Å². The summed E-state index contributed by atoms with van der Waals surface area (Å²) in [5.41, 5.74) is 1.07. The number of nitrogens with two attached hydrogens (primary N) is 1. The Labute approximate surface area is 221 Å². The first-order valence-corrected chi connectivity index (χ1v) is 12.1. The molecule has 2 atom stereocenters. The summed E-state index contributed by atoms with van der Waals surface area (Å²) in [6, 6.07) is 1.36. The Kier molecular flexibility index (Phi) is 11.2. The van der Waals surface area contributed by atoms with Gasteiger partial charge in [-0.2, -0.15) is 13.2 Å². The molecule has 13 heteroatoms. The first-order chi connectivity index (χ1) is 17.8. The number of unbranched alkanes of at least 4 members (excludes halogenated alkanes) is 4. The van der Waals surface area contributed by atoms with E-state index >= 15 is 4.39 Å². The maximum atomic E-state index is 15.1. The summed E-state index contributed by atoms with van der Waals surface area (Å²) in [7, 11) is 0.918. The predicted molar refractivity (Wildman–Crippen MR) is 129 cm³/mol. The first-order valence-electron chi connectivity index (χ1n) is 11.8. The van der Waals surface area contributed by atoms with Crippen LogP contribution in [0, 0.1) is 11.7 Å². The molecule has 0 radical (unpaired) electrons. The molecule has 2 rings (SSSR count). The average Bonchev–Trinajstić information content (AvgIpc) is 2.84. The van der Waals surface area contributed by atoms with Crippen LogP contribution >= 0.6 is 11.6 Å². The van der Waals surface area contributed by atoms with E-state index in [4.69, 9.17) is 22.1 Å². The van der Waals surface area contributed by atoms with Crippen LogP contribution in [0.5, 0.6) is 0 Å². The standard InChI is InChI=1S/C25H28ClF5N2O5/c1-13-18(24(36)38-11-7-5-3-4-6-8-17(32)34)21(20(23(35)37-2)16(12-27)33-13)19-15(28)10-9-14(26)22(19)25(29,30)31/h9-10,20-21H,3-8,11-12H2,1-2H3,(H2,32,34). The molecule has 1 amide bonds. The Hall–Kier alpha value is -3.02. The molecule has 0 saturated heterocycles. The number of ether oxygens (including phenoxy) is 2. The van der Waals surface area contributed by atoms with Crippen molar-refractivity contribution in [2.75, 3.05) is 20.4 Å². The largest absolute Gasteiger partial charge is 0.468 e. The maximum Gasteiger partial charge on any atom is 0.418 e. The van der Waals surface area contributed by atoms with Gasteiger partial charge >= 0.3 is 18.1 Å². The summed E-state index contributed by atoms with van der Waals surface area (Å²) < 4.78 is 81.1. The normalized spacial score (nSPS) is 17.7. The molecule has 2 N–H and O–H groups in total. The lowest BCUT2D eigenvalue weighted by molar-refractivity contribution is -0.145. The molecule has 1 aliphatic rings. The summed E-state index contributed by atoms with van der Waals surface area (Å²) in [5.74, 6) is -8.01. The Morgan fingerprint density at radius 3 is 2.32 bits per heavy atom. The van der Waals surface area contributed by atoms with Crippen LogP contribution < -0.4 is 5.73 Å². The van der Waals surface area contributed by atoms with E-state index in [2.05, 4.69) is 9.73 Å². The number of amides is 1. The van der Waals surface area contributed by atoms with Crippen molar-refractivity contribution in [2.45, 2.75) is 57.5 Å². The zero-order valence-corrected chi connectivity index (χ0v) is 21.6. The highest BCUT2D eigenvalue weighted by Gasteiger charge is 2.49. The van der Waals surface area contributed by atoms with Crippen molar-refractivity contribution in [1.29, 1.82) is 0 Å². The van der Waals surface area contributed by atoms with E-state index < -0.39 is 75.8 Å². The number of methoxy groups -OCH3 is 1. The zero-order chi connectivity index (χ0) is 28.6. The number of carbonyl (C=O) groups is 3. The van der Waals surface area contributed by atoms with Crippen molar-refractivity contribution >= 4 is 35.2 Å². The third-order valence-electron chi connectivity index (χ3n) is 6.05. The third kappa shape index (κ3) is 7.52. The van der Waals surface area contributed by atoms with E-state index in [1.54, 1.807) is 0 Å². The van der Waals surface area contributed by atoms with E-state index in [-0.39, 0.29) is 18.7 Å². The average molecular weight is 567 g/mol. The fraction of sp³-hybridized carbons (Fsp3) is 0.520. The Balaban J connectivity index is 2.45. The number of hydrogen-bond donors (Lipinski definition) is 1. The number of allylic oxidation sites excluding steroid dienone is 1. The third-order valence-corrected chi connectivity index (χ3v) is 6.37. The van der Waals surface area contributed by atoms with Crippen molar-refractivity contribution in [2.24, 2.45) is 16.6 Å². The molecule has 1 heterocycles. The molecule has 0 aliphatic carbocycles. The van der Waals surface area contributed by atoms with Gasteiger partial charge in [0.15, 0.2) is 0 Å². The van der Waals surface area contributed by atoms with Gasteiger partial charge in [0.2, 0.25) is 5.91 Å². The van der Waals surface area contributed by atoms with Crippen molar-refractivity contribution < 1.29 is 45.8 Å². The van der Waals surface area contributed by atoms with E-state index in [1.165, 1.54) is 6.92 Å². The summed E-state index contributed by atoms with van der Waals surface area (Å²) in [5, 5.41) is -0.872. The van der Waals surface area contributed by atoms with Crippen LogP contribution in [0.4, 0.5) is 22.0 Å². The number of nitrogens with zero attached hydrogens (tertiary/aromatic N) is 1. The van der Waals surface area contributed by atoms with Crippen LogP contribution in [0.15, 0.2) is 28.4 Å². The molecule has 0 fully saturated rings. The molecule has 0 bridgehead atoms. The minimum absolute atomic E-state index is 0.134. The molecule has 2 unspecified atom stereocenters. The fourth-order valence-corrected chi connectivity index (χ4v) is 4.63. The second kappa shape index (κ2) is 13.7. The smallest absolute Gasteiger partial charge is 0.418 e. The van der Waals surface area contributed by atoms with E-state index in [1.807, 2.05) is 0 Å². The SMILES string of the molecule is COC(=O)C1C(CF)=NC(C)=C(C(=O)OCCCCCCCC(N)=O)C1c1c(F)ccc(Cl)c1C(F)(F)F. The Morgan fingerprint density at radius 2 is 1.74 bits per heavy atom. The second-order valence-corrected chi connectivity index (χ2v) is 9.06. The van der Waals surface area contributed by atoms with Gasteiger partial charge in [-0.3, -0.25) is 14.6 Å². The molecule has 0 spiro atoms. The molecular formula is C25H28ClF5N2O5. The van der Waals surface area contributed by atoms with Crippen LogP contribution in [0.25, 0.3) is 0 Å². The number of primary amides is 1. The van der Waals surface area contributed by atoms with Gasteiger partial charge in [-0.15, -0.1) is 0 Å². The number of benzene rings is 1. The Bertz CT molecular complexity index is 1120. The lowest BCUT2D eigenvalue weighted by atomic mass is 9.73. The number of carbonyl (C=O) groups excluding carboxylic acids is 3. The lowest BCUT2D eigenvalue weighted by Crippen LogP contribution is -2.39. The van der Waals surface area contributed by atoms with Gasteiger partial charge < -0.3 is 15.2 Å². The number of hydrogen-bond acceptors (Lipinski definition) is 6. The van der Waals surface area contributed by atoms with Crippen LogP contribution in [-0.4, -0.2) is 43.9 Å². The molecule has 1 aromatic rings. The van der Waals surface area contributed by atoms with Gasteiger partial charge in [0.05, 0.1) is 35.6 Å². The summed E-state index contributed by atoms with van der Waals surface area (Å²) in [6.45, 7) is -0.276. The van der Waals surface area contributed by atoms with E-state index in [9.17, 15) is 31.9 Å². The molecule has 210 valence electrons. The molecule has 0 saturated carbocycles. The summed E-state index contributed by atoms with van der Waals surface area (Å²) in [4.78, 5) is 40.5. The molecule has 38 heavy (non-hydrogen) atoms. The number of aliphatic imine (C=N–C) groups is 1. The van der Waals surface area contributed by atoms with Gasteiger partial charge in [0, 0.05) is 23.6 Å². The molecule has 7 nitrogen and oxygen atoms in total. The van der Waals surface area contributed by atoms with E-state index in [0.717, 1.165) is 13.5 Å². The van der Waals surface area contributed by atoms with E-state index in [0.29, 0.717) is 37.8 Å².